The molecule has 1 atom stereocenters. The molecule has 4 nitrogen and oxygen atoms in total. The Balaban J connectivity index is 0. The van der Waals surface area contributed by atoms with Crippen molar-refractivity contribution >= 4 is 18.4 Å². The van der Waals surface area contributed by atoms with E-state index < -0.39 is 17.6 Å². The van der Waals surface area contributed by atoms with E-state index >= 15 is 0 Å². The van der Waals surface area contributed by atoms with Crippen molar-refractivity contribution < 1.29 is 14.6 Å². The third kappa shape index (κ3) is 4.19. The molecule has 0 amide bonds. The molecule has 0 spiro atoms. The van der Waals surface area contributed by atoms with Crippen LogP contribution in [0, 0.1) is 0 Å². The predicted octanol–water partition coefficient (Wildman–Crippen LogP) is -0.321. The molecule has 0 rings (SSSR count). The normalized spacial score (nSPS) is 13.2. The van der Waals surface area contributed by atoms with Crippen LogP contribution in [0.2, 0.25) is 0 Å². The molecule has 0 fully saturated rings. The van der Waals surface area contributed by atoms with Gasteiger partial charge in [-0.15, -0.1) is 12.4 Å². The van der Waals surface area contributed by atoms with Crippen LogP contribution in [0.15, 0.2) is 0 Å². The summed E-state index contributed by atoms with van der Waals surface area (Å²) >= 11 is 0. The monoisotopic (exact) mass is 183 g/mol. The molecule has 3 N–H and O–H groups in total. The second-order valence-corrected chi connectivity index (χ2v) is 2.65. The number of rotatable bonds is 2. The molecule has 68 valence electrons. The molecule has 0 saturated carbocycles. The third-order valence-corrected chi connectivity index (χ3v) is 1.22. The molecular formula is C6H14ClNO3. The first-order valence-corrected chi connectivity index (χ1v) is 2.95. The fraction of sp³-hybridized carbons (Fsp3) is 0.833. The van der Waals surface area contributed by atoms with Crippen LogP contribution in [-0.2, 0) is 9.53 Å². The summed E-state index contributed by atoms with van der Waals surface area (Å²) in [7, 11) is 1.23. The Morgan fingerprint density at radius 3 is 2.09 bits per heavy atom. The van der Waals surface area contributed by atoms with E-state index in [0.717, 1.165) is 0 Å². The van der Waals surface area contributed by atoms with Crippen molar-refractivity contribution in [3.63, 3.8) is 0 Å². The molecule has 0 saturated heterocycles. The highest BCUT2D eigenvalue weighted by Gasteiger charge is 2.30. The maximum Gasteiger partial charge on any atom is 0.325 e. The van der Waals surface area contributed by atoms with Crippen LogP contribution in [0.5, 0.6) is 0 Å². The number of hydrogen-bond acceptors (Lipinski definition) is 4. The second kappa shape index (κ2) is 4.54. The van der Waals surface area contributed by atoms with Crippen molar-refractivity contribution in [2.24, 2.45) is 5.73 Å². The minimum absolute atomic E-state index is 0. The fourth-order valence-corrected chi connectivity index (χ4v) is 0.415. The van der Waals surface area contributed by atoms with Gasteiger partial charge in [-0.25, -0.2) is 0 Å². The van der Waals surface area contributed by atoms with Crippen LogP contribution < -0.4 is 5.73 Å². The van der Waals surface area contributed by atoms with E-state index in [0.29, 0.717) is 0 Å². The molecular weight excluding hydrogens is 170 g/mol. The molecule has 0 aliphatic rings. The van der Waals surface area contributed by atoms with Gasteiger partial charge >= 0.3 is 5.97 Å². The van der Waals surface area contributed by atoms with Crippen molar-refractivity contribution in [3.8, 4) is 0 Å². The second-order valence-electron chi connectivity index (χ2n) is 2.65. The number of nitrogens with two attached hydrogens (primary N) is 1. The molecule has 0 aromatic carbocycles. The molecule has 0 unspecified atom stereocenters. The van der Waals surface area contributed by atoms with Gasteiger partial charge in [-0.05, 0) is 13.8 Å². The minimum Gasteiger partial charge on any atom is -0.468 e. The Morgan fingerprint density at radius 1 is 1.64 bits per heavy atom. The van der Waals surface area contributed by atoms with Crippen LogP contribution in [0.25, 0.3) is 0 Å². The average Bonchev–Trinajstić information content (AvgIpc) is 1.83. The van der Waals surface area contributed by atoms with Gasteiger partial charge in [-0.1, -0.05) is 0 Å². The SMILES string of the molecule is COC(=O)[C@H](N)C(C)(C)O.Cl. The van der Waals surface area contributed by atoms with Gasteiger partial charge in [0.1, 0.15) is 6.04 Å². The lowest BCUT2D eigenvalue weighted by Gasteiger charge is -2.22. The molecule has 0 bridgehead atoms. The molecule has 5 heteroatoms. The first kappa shape index (κ1) is 13.3. The highest BCUT2D eigenvalue weighted by molar-refractivity contribution is 5.85. The largest absolute Gasteiger partial charge is 0.468 e. The zero-order valence-electron chi connectivity index (χ0n) is 6.83. The summed E-state index contributed by atoms with van der Waals surface area (Å²) in [6.45, 7) is 2.91. The van der Waals surface area contributed by atoms with Crippen LogP contribution in [-0.4, -0.2) is 29.8 Å². The topological polar surface area (TPSA) is 72.5 Å². The van der Waals surface area contributed by atoms with Crippen molar-refractivity contribution in [2.75, 3.05) is 7.11 Å². The van der Waals surface area contributed by atoms with Gasteiger partial charge in [0.2, 0.25) is 0 Å². The zero-order valence-corrected chi connectivity index (χ0v) is 7.64. The average molecular weight is 184 g/mol. The van der Waals surface area contributed by atoms with Crippen molar-refractivity contribution in [1.82, 2.24) is 0 Å². The zero-order chi connectivity index (χ0) is 8.36. The summed E-state index contributed by atoms with van der Waals surface area (Å²) in [5.41, 5.74) is 4.07. The number of ether oxygens (including phenoxy) is 1. The third-order valence-electron chi connectivity index (χ3n) is 1.22. The number of methoxy groups -OCH3 is 1. The number of halogens is 1. The summed E-state index contributed by atoms with van der Waals surface area (Å²) in [6.07, 6.45) is 0. The summed E-state index contributed by atoms with van der Waals surface area (Å²) < 4.78 is 4.31. The summed E-state index contributed by atoms with van der Waals surface area (Å²) in [6, 6.07) is -0.975. The van der Waals surface area contributed by atoms with Gasteiger partial charge in [0.15, 0.2) is 0 Å². The number of aliphatic hydroxyl groups is 1. The predicted molar refractivity (Wildman–Crippen MR) is 43.5 cm³/mol. The van der Waals surface area contributed by atoms with Gasteiger partial charge < -0.3 is 15.6 Å². The first-order chi connectivity index (χ1) is 4.39. The van der Waals surface area contributed by atoms with E-state index in [2.05, 4.69) is 4.74 Å². The van der Waals surface area contributed by atoms with Gasteiger partial charge in [-0.2, -0.15) is 0 Å². The van der Waals surface area contributed by atoms with Crippen LogP contribution in [0.1, 0.15) is 13.8 Å². The molecule has 0 radical (unpaired) electrons. The quantitative estimate of drug-likeness (QED) is 0.576. The van der Waals surface area contributed by atoms with Crippen LogP contribution in [0.4, 0.5) is 0 Å². The lowest BCUT2D eigenvalue weighted by atomic mass is 10.0. The number of esters is 1. The van der Waals surface area contributed by atoms with E-state index in [1.54, 1.807) is 0 Å². The maximum absolute atomic E-state index is 10.7. The smallest absolute Gasteiger partial charge is 0.325 e. The van der Waals surface area contributed by atoms with Gasteiger partial charge in [0.25, 0.3) is 0 Å². The van der Waals surface area contributed by atoms with Crippen LogP contribution in [0.3, 0.4) is 0 Å². The number of hydrogen-bond donors (Lipinski definition) is 2. The number of carbonyl (C=O) groups excluding carboxylic acids is 1. The van der Waals surface area contributed by atoms with Crippen LogP contribution >= 0.6 is 12.4 Å². The van der Waals surface area contributed by atoms with E-state index in [1.807, 2.05) is 0 Å². The van der Waals surface area contributed by atoms with E-state index in [4.69, 9.17) is 10.8 Å². The Morgan fingerprint density at radius 2 is 2.00 bits per heavy atom. The van der Waals surface area contributed by atoms with Crippen molar-refractivity contribution in [3.05, 3.63) is 0 Å². The lowest BCUT2D eigenvalue weighted by Crippen LogP contribution is -2.49. The van der Waals surface area contributed by atoms with E-state index in [1.165, 1.54) is 21.0 Å². The number of carbonyl (C=O) groups is 1. The molecule has 0 heterocycles. The minimum atomic E-state index is -1.22. The molecule has 0 aromatic rings. The van der Waals surface area contributed by atoms with Gasteiger partial charge in [0.05, 0.1) is 12.7 Å². The Labute approximate surface area is 72.1 Å². The van der Waals surface area contributed by atoms with Gasteiger partial charge in [-0.3, -0.25) is 4.79 Å². The summed E-state index contributed by atoms with van der Waals surface area (Å²) in [4.78, 5) is 10.7. The maximum atomic E-state index is 10.7. The lowest BCUT2D eigenvalue weighted by molar-refractivity contribution is -0.147. The first-order valence-electron chi connectivity index (χ1n) is 2.95. The summed E-state index contributed by atoms with van der Waals surface area (Å²) in [5.74, 6) is -0.604. The van der Waals surface area contributed by atoms with Crippen molar-refractivity contribution in [1.29, 1.82) is 0 Å². The molecule has 0 aliphatic carbocycles. The Kier molecular flexibility index (Phi) is 5.48. The fourth-order valence-electron chi connectivity index (χ4n) is 0.415. The standard InChI is InChI=1S/C6H13NO3.ClH/c1-6(2,9)4(7)5(8)10-3;/h4,9H,7H2,1-3H3;1H/t4-;/m0./s1. The molecule has 0 aliphatic heterocycles. The summed E-state index contributed by atoms with van der Waals surface area (Å²) in [5, 5.41) is 9.16. The highest BCUT2D eigenvalue weighted by atomic mass is 35.5. The van der Waals surface area contributed by atoms with Gasteiger partial charge in [0, 0.05) is 0 Å². The van der Waals surface area contributed by atoms with Crippen molar-refractivity contribution in [2.45, 2.75) is 25.5 Å². The highest BCUT2D eigenvalue weighted by Crippen LogP contribution is 2.06. The van der Waals surface area contributed by atoms with E-state index in [9.17, 15) is 4.79 Å². The van der Waals surface area contributed by atoms with E-state index in [-0.39, 0.29) is 12.4 Å². The molecule has 11 heavy (non-hydrogen) atoms. The Bertz CT molecular complexity index is 132. The Hall–Kier alpha value is -0.320. The molecule has 0 aromatic heterocycles.